The highest BCUT2D eigenvalue weighted by Gasteiger charge is 2.30. The van der Waals surface area contributed by atoms with Crippen LogP contribution in [-0.2, 0) is 14.3 Å². The van der Waals surface area contributed by atoms with Crippen molar-refractivity contribution in [2.75, 3.05) is 11.9 Å². The second-order valence-corrected chi connectivity index (χ2v) is 5.71. The Balaban J connectivity index is 1.85. The Morgan fingerprint density at radius 1 is 1.03 bits per heavy atom. The zero-order valence-electron chi connectivity index (χ0n) is 15.2. The van der Waals surface area contributed by atoms with Gasteiger partial charge in [0.15, 0.2) is 12.4 Å². The second kappa shape index (κ2) is 9.54. The summed E-state index contributed by atoms with van der Waals surface area (Å²) >= 11 is 0. The normalized spacial score (nSPS) is 11.2. The molecule has 9 heteroatoms. The molecule has 1 N–H and O–H groups in total. The number of halogens is 3. The van der Waals surface area contributed by atoms with Crippen LogP contribution in [0.3, 0.4) is 0 Å². The minimum atomic E-state index is -4.79. The standard InChI is InChI=1S/C20H16F3NO5/c1-13(25)16-4-2-3-5-17(16)24-18(26)12-28-19(27)11-8-14-6-9-15(10-7-14)29-20(21,22)23/h2-11H,12H2,1H3,(H,24,26)/b11-8+. The molecule has 0 radical (unpaired) electrons. The predicted octanol–water partition coefficient (Wildman–Crippen LogP) is 3.98. The summed E-state index contributed by atoms with van der Waals surface area (Å²) in [5.74, 6) is -2.07. The monoisotopic (exact) mass is 407 g/mol. The molecule has 1 amide bonds. The fourth-order valence-electron chi connectivity index (χ4n) is 2.22. The third-order valence-electron chi connectivity index (χ3n) is 3.45. The zero-order chi connectivity index (χ0) is 21.4. The van der Waals surface area contributed by atoms with Crippen molar-refractivity contribution < 1.29 is 37.0 Å². The summed E-state index contributed by atoms with van der Waals surface area (Å²) in [6.45, 7) is 0.783. The molecule has 0 heterocycles. The third-order valence-corrected chi connectivity index (χ3v) is 3.45. The summed E-state index contributed by atoms with van der Waals surface area (Å²) in [5, 5.41) is 2.48. The van der Waals surface area contributed by atoms with Crippen LogP contribution in [0.25, 0.3) is 6.08 Å². The smallest absolute Gasteiger partial charge is 0.452 e. The van der Waals surface area contributed by atoms with Gasteiger partial charge in [0.1, 0.15) is 5.75 Å². The van der Waals surface area contributed by atoms with Gasteiger partial charge < -0.3 is 14.8 Å². The second-order valence-electron chi connectivity index (χ2n) is 5.71. The molecule has 0 aliphatic heterocycles. The van der Waals surface area contributed by atoms with E-state index in [2.05, 4.69) is 10.1 Å². The van der Waals surface area contributed by atoms with E-state index < -0.39 is 24.8 Å². The van der Waals surface area contributed by atoms with Crippen LogP contribution in [0.2, 0.25) is 0 Å². The lowest BCUT2D eigenvalue weighted by Gasteiger charge is -2.09. The van der Waals surface area contributed by atoms with Gasteiger partial charge in [-0.05, 0) is 42.8 Å². The maximum Gasteiger partial charge on any atom is 0.573 e. The molecule has 0 fully saturated rings. The van der Waals surface area contributed by atoms with Crippen LogP contribution in [0.15, 0.2) is 54.6 Å². The largest absolute Gasteiger partial charge is 0.573 e. The lowest BCUT2D eigenvalue weighted by atomic mass is 10.1. The van der Waals surface area contributed by atoms with Crippen LogP contribution in [0.1, 0.15) is 22.8 Å². The number of anilines is 1. The lowest BCUT2D eigenvalue weighted by molar-refractivity contribution is -0.274. The number of benzene rings is 2. The van der Waals surface area contributed by atoms with Gasteiger partial charge in [0.2, 0.25) is 0 Å². The van der Waals surface area contributed by atoms with Crippen LogP contribution >= 0.6 is 0 Å². The quantitative estimate of drug-likeness (QED) is 0.427. The first kappa shape index (κ1) is 21.7. The summed E-state index contributed by atoms with van der Waals surface area (Å²) in [6, 6.07) is 11.2. The van der Waals surface area contributed by atoms with Crippen LogP contribution in [0.5, 0.6) is 5.75 Å². The molecule has 6 nitrogen and oxygen atoms in total. The highest BCUT2D eigenvalue weighted by Crippen LogP contribution is 2.23. The number of rotatable bonds is 7. The molecule has 2 rings (SSSR count). The van der Waals surface area contributed by atoms with E-state index >= 15 is 0 Å². The molecule has 0 atom stereocenters. The topological polar surface area (TPSA) is 81.7 Å². The number of ether oxygens (including phenoxy) is 2. The molecular formula is C20H16F3NO5. The van der Waals surface area contributed by atoms with E-state index in [1.165, 1.54) is 25.1 Å². The van der Waals surface area contributed by atoms with Crippen molar-refractivity contribution in [2.45, 2.75) is 13.3 Å². The summed E-state index contributed by atoms with van der Waals surface area (Å²) in [6.07, 6.45) is -2.45. The number of amides is 1. The van der Waals surface area contributed by atoms with Gasteiger partial charge in [0.05, 0.1) is 5.69 Å². The highest BCUT2D eigenvalue weighted by molar-refractivity contribution is 6.04. The number of carbonyl (C=O) groups excluding carboxylic acids is 3. The molecule has 2 aromatic carbocycles. The fourth-order valence-corrected chi connectivity index (χ4v) is 2.22. The molecular weight excluding hydrogens is 391 g/mol. The molecule has 0 saturated carbocycles. The molecule has 2 aromatic rings. The molecule has 29 heavy (non-hydrogen) atoms. The maximum atomic E-state index is 12.1. The van der Waals surface area contributed by atoms with E-state index in [-0.39, 0.29) is 11.5 Å². The van der Waals surface area contributed by atoms with E-state index in [9.17, 15) is 27.6 Å². The van der Waals surface area contributed by atoms with E-state index in [0.717, 1.165) is 18.2 Å². The van der Waals surface area contributed by atoms with Crippen LogP contribution in [-0.4, -0.2) is 30.6 Å². The van der Waals surface area contributed by atoms with Gasteiger partial charge in [-0.15, -0.1) is 13.2 Å². The van der Waals surface area contributed by atoms with Crippen molar-refractivity contribution in [3.05, 3.63) is 65.7 Å². The van der Waals surface area contributed by atoms with E-state index in [4.69, 9.17) is 4.74 Å². The Morgan fingerprint density at radius 3 is 2.31 bits per heavy atom. The number of Topliss-reactive ketones (excluding diaryl/α,β-unsaturated/α-hetero) is 1. The summed E-state index contributed by atoms with van der Waals surface area (Å²) < 4.78 is 44.8. The molecule has 0 spiro atoms. The van der Waals surface area contributed by atoms with Crippen molar-refractivity contribution >= 4 is 29.4 Å². The lowest BCUT2D eigenvalue weighted by Crippen LogP contribution is -2.21. The van der Waals surface area contributed by atoms with Crippen molar-refractivity contribution in [2.24, 2.45) is 0 Å². The summed E-state index contributed by atoms with van der Waals surface area (Å²) in [5.41, 5.74) is 1.05. The number of nitrogens with one attached hydrogen (secondary N) is 1. The third kappa shape index (κ3) is 7.49. The first-order valence-corrected chi connectivity index (χ1v) is 8.24. The summed E-state index contributed by atoms with van der Waals surface area (Å²) in [7, 11) is 0. The first-order valence-electron chi connectivity index (χ1n) is 8.24. The van der Waals surface area contributed by atoms with E-state index in [1.54, 1.807) is 24.3 Å². The number of hydrogen-bond acceptors (Lipinski definition) is 5. The van der Waals surface area contributed by atoms with Gasteiger partial charge in [0, 0.05) is 11.6 Å². The zero-order valence-corrected chi connectivity index (χ0v) is 15.2. The number of alkyl halides is 3. The highest BCUT2D eigenvalue weighted by atomic mass is 19.4. The van der Waals surface area contributed by atoms with Gasteiger partial charge in [-0.1, -0.05) is 24.3 Å². The molecule has 0 aromatic heterocycles. The minimum absolute atomic E-state index is 0.229. The Hall–Kier alpha value is -3.62. The van der Waals surface area contributed by atoms with Crippen molar-refractivity contribution in [3.63, 3.8) is 0 Å². The SMILES string of the molecule is CC(=O)c1ccccc1NC(=O)COC(=O)/C=C/c1ccc(OC(F)(F)F)cc1. The average molecular weight is 407 g/mol. The Labute approximate surface area is 163 Å². The molecule has 152 valence electrons. The average Bonchev–Trinajstić information content (AvgIpc) is 2.65. The first-order chi connectivity index (χ1) is 13.6. The maximum absolute atomic E-state index is 12.1. The molecule has 0 aliphatic rings. The van der Waals surface area contributed by atoms with Crippen LogP contribution in [0, 0.1) is 0 Å². The fraction of sp³-hybridized carbons (Fsp3) is 0.150. The van der Waals surface area contributed by atoms with Gasteiger partial charge >= 0.3 is 12.3 Å². The van der Waals surface area contributed by atoms with Gasteiger partial charge in [-0.25, -0.2) is 4.79 Å². The molecule has 0 saturated heterocycles. The Bertz CT molecular complexity index is 920. The van der Waals surface area contributed by atoms with Crippen LogP contribution < -0.4 is 10.1 Å². The summed E-state index contributed by atoms with van der Waals surface area (Å²) in [4.78, 5) is 35.1. The predicted molar refractivity (Wildman–Crippen MR) is 98.2 cm³/mol. The van der Waals surface area contributed by atoms with Gasteiger partial charge in [0.25, 0.3) is 5.91 Å². The number of para-hydroxylation sites is 1. The van der Waals surface area contributed by atoms with Crippen molar-refractivity contribution in [3.8, 4) is 5.75 Å². The molecule has 0 bridgehead atoms. The van der Waals surface area contributed by atoms with Gasteiger partial charge in [-0.2, -0.15) is 0 Å². The van der Waals surface area contributed by atoms with Crippen molar-refractivity contribution in [1.82, 2.24) is 0 Å². The number of carbonyl (C=O) groups is 3. The number of ketones is 1. The van der Waals surface area contributed by atoms with Crippen LogP contribution in [0.4, 0.5) is 18.9 Å². The Morgan fingerprint density at radius 2 is 1.69 bits per heavy atom. The number of esters is 1. The van der Waals surface area contributed by atoms with E-state index in [0.29, 0.717) is 16.8 Å². The van der Waals surface area contributed by atoms with E-state index in [1.807, 2.05) is 0 Å². The Kier molecular flexibility index (Phi) is 7.13. The molecule has 0 unspecified atom stereocenters. The van der Waals surface area contributed by atoms with Crippen molar-refractivity contribution in [1.29, 1.82) is 0 Å². The van der Waals surface area contributed by atoms with Gasteiger partial charge in [-0.3, -0.25) is 9.59 Å². The number of hydrogen-bond donors (Lipinski definition) is 1. The minimum Gasteiger partial charge on any atom is -0.452 e. The molecule has 0 aliphatic carbocycles.